The predicted octanol–water partition coefficient (Wildman–Crippen LogP) is 4.33. The summed E-state index contributed by atoms with van der Waals surface area (Å²) in [6, 6.07) is 8.34. The zero-order valence-electron chi connectivity index (χ0n) is 13.7. The molecule has 0 radical (unpaired) electrons. The van der Waals surface area contributed by atoms with Gasteiger partial charge in [0, 0.05) is 10.8 Å². The molecule has 0 unspecified atom stereocenters. The average Bonchev–Trinajstić information content (AvgIpc) is 2.52. The molecule has 4 heteroatoms. The third kappa shape index (κ3) is 4.96. The quantitative estimate of drug-likeness (QED) is 0.652. The Bertz CT molecular complexity index is 549. The second-order valence-corrected chi connectivity index (χ2v) is 7.74. The summed E-state index contributed by atoms with van der Waals surface area (Å²) >= 11 is 0. The number of aliphatic hydroxyl groups is 1. The fraction of sp³-hybridized carbons (Fsp3) is 0.556. The molecule has 1 aromatic carbocycles. The zero-order chi connectivity index (χ0) is 16.6. The first-order valence-electron chi connectivity index (χ1n) is 8.12. The molecule has 22 heavy (non-hydrogen) atoms. The van der Waals surface area contributed by atoms with E-state index in [1.807, 2.05) is 6.92 Å². The lowest BCUT2D eigenvalue weighted by Gasteiger charge is -2.24. The summed E-state index contributed by atoms with van der Waals surface area (Å²) in [5, 5.41) is 10.4. The third-order valence-electron chi connectivity index (χ3n) is 3.98. The average molecular weight is 324 g/mol. The Hall–Kier alpha value is -1.13. The summed E-state index contributed by atoms with van der Waals surface area (Å²) in [4.78, 5) is 0.395. The smallest absolute Gasteiger partial charge is 0.202 e. The summed E-state index contributed by atoms with van der Waals surface area (Å²) in [7, 11) is -3.59. The molecule has 124 valence electrons. The highest BCUT2D eigenvalue weighted by Gasteiger charge is 2.30. The molecule has 0 fully saturated rings. The van der Waals surface area contributed by atoms with Crippen LogP contribution in [0.1, 0.15) is 52.4 Å². The zero-order valence-corrected chi connectivity index (χ0v) is 14.5. The van der Waals surface area contributed by atoms with Crippen molar-refractivity contribution in [3.63, 3.8) is 0 Å². The van der Waals surface area contributed by atoms with Crippen molar-refractivity contribution < 1.29 is 13.5 Å². The maximum atomic E-state index is 12.7. The molecule has 1 N–H and O–H groups in total. The van der Waals surface area contributed by atoms with Crippen molar-refractivity contribution in [2.45, 2.75) is 63.4 Å². The van der Waals surface area contributed by atoms with Crippen molar-refractivity contribution in [1.82, 2.24) is 0 Å². The van der Waals surface area contributed by atoms with E-state index in [4.69, 9.17) is 0 Å². The van der Waals surface area contributed by atoms with Gasteiger partial charge in [0.15, 0.2) is 0 Å². The van der Waals surface area contributed by atoms with Gasteiger partial charge in [-0.05, 0) is 25.0 Å². The monoisotopic (exact) mass is 324 g/mol. The van der Waals surface area contributed by atoms with Crippen molar-refractivity contribution in [3.05, 3.63) is 41.8 Å². The van der Waals surface area contributed by atoms with Gasteiger partial charge in [-0.2, -0.15) is 0 Å². The SMILES string of the molecule is C=C([C@H](CCC)[C@H](O)CCCCC)S(=O)(=O)c1ccccc1. The molecule has 0 aliphatic rings. The van der Waals surface area contributed by atoms with Gasteiger partial charge in [0.25, 0.3) is 0 Å². The van der Waals surface area contributed by atoms with Crippen LogP contribution in [-0.4, -0.2) is 19.6 Å². The number of hydrogen-bond donors (Lipinski definition) is 1. The van der Waals surface area contributed by atoms with Crippen molar-refractivity contribution >= 4 is 9.84 Å². The van der Waals surface area contributed by atoms with Gasteiger partial charge in [-0.15, -0.1) is 0 Å². The minimum atomic E-state index is -3.59. The van der Waals surface area contributed by atoms with Crippen molar-refractivity contribution in [2.75, 3.05) is 0 Å². The highest BCUT2D eigenvalue weighted by molar-refractivity contribution is 7.95. The Kier molecular flexibility index (Phi) is 7.83. The molecule has 3 nitrogen and oxygen atoms in total. The lowest BCUT2D eigenvalue weighted by atomic mass is 9.93. The van der Waals surface area contributed by atoms with Gasteiger partial charge in [0.2, 0.25) is 9.84 Å². The molecular formula is C18H28O3S. The van der Waals surface area contributed by atoms with Gasteiger partial charge in [-0.1, -0.05) is 64.3 Å². The maximum absolute atomic E-state index is 12.7. The predicted molar refractivity (Wildman–Crippen MR) is 91.3 cm³/mol. The summed E-state index contributed by atoms with van der Waals surface area (Å²) in [6.07, 6.45) is 4.48. The van der Waals surface area contributed by atoms with E-state index in [1.54, 1.807) is 30.3 Å². The van der Waals surface area contributed by atoms with E-state index < -0.39 is 21.9 Å². The first-order valence-corrected chi connectivity index (χ1v) is 9.60. The van der Waals surface area contributed by atoms with Crippen LogP contribution in [0.5, 0.6) is 0 Å². The topological polar surface area (TPSA) is 54.4 Å². The van der Waals surface area contributed by atoms with E-state index in [0.29, 0.717) is 12.8 Å². The molecule has 1 rings (SSSR count). The highest BCUT2D eigenvalue weighted by Crippen LogP contribution is 2.31. The van der Waals surface area contributed by atoms with Crippen LogP contribution >= 0.6 is 0 Å². The molecule has 1 aromatic rings. The first-order chi connectivity index (χ1) is 10.4. The van der Waals surface area contributed by atoms with Crippen LogP contribution in [0.25, 0.3) is 0 Å². The van der Waals surface area contributed by atoms with Crippen molar-refractivity contribution in [1.29, 1.82) is 0 Å². The van der Waals surface area contributed by atoms with Crippen LogP contribution in [0.15, 0.2) is 46.7 Å². The molecule has 0 saturated heterocycles. The van der Waals surface area contributed by atoms with Crippen LogP contribution in [0.4, 0.5) is 0 Å². The second-order valence-electron chi connectivity index (χ2n) is 5.74. The van der Waals surface area contributed by atoms with Gasteiger partial charge in [-0.25, -0.2) is 8.42 Å². The Labute approximate surface area is 135 Å². The number of aliphatic hydroxyl groups excluding tert-OH is 1. The van der Waals surface area contributed by atoms with Gasteiger partial charge >= 0.3 is 0 Å². The van der Waals surface area contributed by atoms with Crippen molar-refractivity contribution in [3.8, 4) is 0 Å². The molecule has 0 heterocycles. The lowest BCUT2D eigenvalue weighted by Crippen LogP contribution is -2.26. The Morgan fingerprint density at radius 3 is 2.27 bits per heavy atom. The second kappa shape index (κ2) is 9.11. The molecular weight excluding hydrogens is 296 g/mol. The van der Waals surface area contributed by atoms with Gasteiger partial charge in [0.05, 0.1) is 11.0 Å². The Balaban J connectivity index is 2.93. The van der Waals surface area contributed by atoms with E-state index >= 15 is 0 Å². The molecule has 0 bridgehead atoms. The summed E-state index contributed by atoms with van der Waals surface area (Å²) < 4.78 is 25.3. The summed E-state index contributed by atoms with van der Waals surface area (Å²) in [5.41, 5.74) is 0. The Morgan fingerprint density at radius 2 is 1.73 bits per heavy atom. The molecule has 0 spiro atoms. The lowest BCUT2D eigenvalue weighted by molar-refractivity contribution is 0.111. The minimum Gasteiger partial charge on any atom is -0.392 e. The molecule has 0 aromatic heterocycles. The number of sulfone groups is 1. The number of rotatable bonds is 10. The van der Waals surface area contributed by atoms with E-state index in [2.05, 4.69) is 13.5 Å². The van der Waals surface area contributed by atoms with Crippen LogP contribution < -0.4 is 0 Å². The van der Waals surface area contributed by atoms with Crippen molar-refractivity contribution in [2.24, 2.45) is 5.92 Å². The summed E-state index contributed by atoms with van der Waals surface area (Å²) in [6.45, 7) is 7.92. The van der Waals surface area contributed by atoms with Crippen LogP contribution in [-0.2, 0) is 9.84 Å². The van der Waals surface area contributed by atoms with Gasteiger partial charge < -0.3 is 5.11 Å². The molecule has 0 aliphatic heterocycles. The number of unbranched alkanes of at least 4 members (excludes halogenated alkanes) is 2. The standard InChI is InChI=1S/C18H28O3S/c1-4-6-8-14-18(19)17(11-5-2)15(3)22(20,21)16-12-9-7-10-13-16/h7,9-10,12-13,17-19H,3-6,8,11,14H2,1-2H3/t17-,18+/m0/s1. The highest BCUT2D eigenvalue weighted by atomic mass is 32.2. The fourth-order valence-electron chi connectivity index (χ4n) is 2.63. The van der Waals surface area contributed by atoms with E-state index in [0.717, 1.165) is 25.7 Å². The molecule has 0 amide bonds. The third-order valence-corrected chi connectivity index (χ3v) is 5.87. The first kappa shape index (κ1) is 18.9. The van der Waals surface area contributed by atoms with Crippen LogP contribution in [0.2, 0.25) is 0 Å². The van der Waals surface area contributed by atoms with Crippen LogP contribution in [0, 0.1) is 5.92 Å². The van der Waals surface area contributed by atoms with Crippen LogP contribution in [0.3, 0.4) is 0 Å². The van der Waals surface area contributed by atoms with Gasteiger partial charge in [0.1, 0.15) is 0 Å². The largest absolute Gasteiger partial charge is 0.392 e. The van der Waals surface area contributed by atoms with E-state index in [1.165, 1.54) is 0 Å². The summed E-state index contributed by atoms with van der Waals surface area (Å²) in [5.74, 6) is -0.396. The molecule has 0 saturated carbocycles. The normalized spacial score (nSPS) is 14.5. The Morgan fingerprint density at radius 1 is 1.09 bits per heavy atom. The maximum Gasteiger partial charge on any atom is 0.202 e. The fourth-order valence-corrected chi connectivity index (χ4v) is 4.13. The van der Waals surface area contributed by atoms with E-state index in [9.17, 15) is 13.5 Å². The van der Waals surface area contributed by atoms with E-state index in [-0.39, 0.29) is 9.80 Å². The minimum absolute atomic E-state index is 0.143. The molecule has 0 aliphatic carbocycles. The number of benzene rings is 1. The van der Waals surface area contributed by atoms with Gasteiger partial charge in [-0.3, -0.25) is 0 Å². The molecule has 2 atom stereocenters. The number of hydrogen-bond acceptors (Lipinski definition) is 3.